The van der Waals surface area contributed by atoms with E-state index < -0.39 is 12.1 Å². The Balaban J connectivity index is 3.41. The fourth-order valence-corrected chi connectivity index (χ4v) is 9.78. The summed E-state index contributed by atoms with van der Waals surface area (Å²) < 4.78 is 5.47. The van der Waals surface area contributed by atoms with E-state index in [-0.39, 0.29) is 18.5 Å². The third-order valence-electron chi connectivity index (χ3n) is 14.7. The SMILES string of the molecule is CCCCCCCCCCCCC/C=C/C(O)C(CO)NC(=O)CCCCCCCCCCCCCCC/C=C\C/C=C\CCCCCCCCCCCOC(=O)CCCCCCCCCCCCCC. The normalized spacial score (nSPS) is 12.8. The number of nitrogens with one attached hydrogen (secondary N) is 1. The number of amides is 1. The Bertz CT molecular complexity index is 1150. The van der Waals surface area contributed by atoms with Crippen LogP contribution in [0.2, 0.25) is 0 Å². The van der Waals surface area contributed by atoms with Gasteiger partial charge in [-0.05, 0) is 64.2 Å². The molecule has 0 aromatic heterocycles. The smallest absolute Gasteiger partial charge is 0.305 e. The molecule has 0 aliphatic carbocycles. The lowest BCUT2D eigenvalue weighted by Gasteiger charge is -2.20. The number of ether oxygens (including phenoxy) is 1. The molecule has 0 aliphatic heterocycles. The molecule has 0 bridgehead atoms. The summed E-state index contributed by atoms with van der Waals surface area (Å²) in [6.07, 6.45) is 76.3. The van der Waals surface area contributed by atoms with Crippen LogP contribution in [0.1, 0.15) is 341 Å². The summed E-state index contributed by atoms with van der Waals surface area (Å²) in [5.41, 5.74) is 0. The highest BCUT2D eigenvalue weighted by Gasteiger charge is 2.18. The van der Waals surface area contributed by atoms with Crippen LogP contribution in [0.5, 0.6) is 0 Å². The van der Waals surface area contributed by atoms with E-state index in [1.807, 2.05) is 6.08 Å². The van der Waals surface area contributed by atoms with E-state index in [1.54, 1.807) is 6.08 Å². The summed E-state index contributed by atoms with van der Waals surface area (Å²) in [7, 11) is 0. The van der Waals surface area contributed by atoms with Crippen LogP contribution >= 0.6 is 0 Å². The van der Waals surface area contributed by atoms with Gasteiger partial charge in [0.05, 0.1) is 25.4 Å². The molecule has 0 rings (SSSR count). The molecule has 1 amide bonds. The average molecular weight is 999 g/mol. The summed E-state index contributed by atoms with van der Waals surface area (Å²) in [6.45, 7) is 4.91. The van der Waals surface area contributed by atoms with Crippen molar-refractivity contribution in [2.24, 2.45) is 0 Å². The Kier molecular flexibility index (Phi) is 59.0. The predicted octanol–water partition coefficient (Wildman–Crippen LogP) is 20.0. The van der Waals surface area contributed by atoms with Crippen LogP contribution in [0.3, 0.4) is 0 Å². The first-order chi connectivity index (χ1) is 35.0. The van der Waals surface area contributed by atoms with Gasteiger partial charge in [0.2, 0.25) is 5.91 Å². The van der Waals surface area contributed by atoms with Gasteiger partial charge in [-0.15, -0.1) is 0 Å². The molecule has 0 saturated heterocycles. The molecule has 0 heterocycles. The van der Waals surface area contributed by atoms with Crippen molar-refractivity contribution in [1.29, 1.82) is 0 Å². The molecule has 2 unspecified atom stereocenters. The number of rotatable bonds is 59. The molecule has 6 heteroatoms. The summed E-state index contributed by atoms with van der Waals surface area (Å²) in [5.74, 6) is -0.0562. The van der Waals surface area contributed by atoms with Crippen molar-refractivity contribution in [3.63, 3.8) is 0 Å². The van der Waals surface area contributed by atoms with Crippen molar-refractivity contribution in [2.75, 3.05) is 13.2 Å². The highest BCUT2D eigenvalue weighted by molar-refractivity contribution is 5.76. The Morgan fingerprint density at radius 2 is 0.704 bits per heavy atom. The van der Waals surface area contributed by atoms with Crippen molar-refractivity contribution >= 4 is 11.9 Å². The lowest BCUT2D eigenvalue weighted by atomic mass is 10.0. The van der Waals surface area contributed by atoms with E-state index in [2.05, 4.69) is 43.5 Å². The second kappa shape index (κ2) is 60.6. The summed E-state index contributed by atoms with van der Waals surface area (Å²) >= 11 is 0. The maximum Gasteiger partial charge on any atom is 0.305 e. The lowest BCUT2D eigenvalue weighted by Crippen LogP contribution is -2.45. The van der Waals surface area contributed by atoms with Crippen molar-refractivity contribution in [3.05, 3.63) is 36.5 Å². The highest BCUT2D eigenvalue weighted by Crippen LogP contribution is 2.17. The Morgan fingerprint density at radius 3 is 1.07 bits per heavy atom. The first-order valence-electron chi connectivity index (χ1n) is 31.8. The average Bonchev–Trinajstić information content (AvgIpc) is 3.37. The molecule has 0 fully saturated rings. The number of esters is 1. The van der Waals surface area contributed by atoms with E-state index in [0.29, 0.717) is 19.4 Å². The topological polar surface area (TPSA) is 95.9 Å². The second-order valence-electron chi connectivity index (χ2n) is 21.7. The van der Waals surface area contributed by atoms with Crippen molar-refractivity contribution in [3.8, 4) is 0 Å². The zero-order chi connectivity index (χ0) is 51.4. The molecule has 71 heavy (non-hydrogen) atoms. The number of allylic oxidation sites excluding steroid dienone is 5. The Labute approximate surface area is 443 Å². The molecular weight excluding hydrogens is 875 g/mol. The fourth-order valence-electron chi connectivity index (χ4n) is 9.78. The summed E-state index contributed by atoms with van der Waals surface area (Å²) in [4.78, 5) is 24.5. The molecular formula is C65H123NO5. The van der Waals surface area contributed by atoms with E-state index in [0.717, 1.165) is 44.9 Å². The van der Waals surface area contributed by atoms with Gasteiger partial charge in [-0.2, -0.15) is 0 Å². The minimum atomic E-state index is -0.844. The standard InChI is InChI=1S/C65H123NO5/c1-3-5-7-9-11-13-15-34-37-41-45-49-53-57-63(68)62(61-67)66-64(69)58-54-50-46-42-38-35-32-30-28-26-24-22-20-18-17-19-21-23-25-27-29-31-33-36-40-44-48-52-56-60-71-65(70)59-55-51-47-43-39-16-14-12-10-8-6-4-2/h17,19,23,25,53,57,62-63,67-68H,3-16,18,20-22,24,26-52,54-56,58-61H2,1-2H3,(H,66,69)/b19-17-,25-23-,57-53+. The second-order valence-corrected chi connectivity index (χ2v) is 21.7. The van der Waals surface area contributed by atoms with Gasteiger partial charge < -0.3 is 20.3 Å². The minimum Gasteiger partial charge on any atom is -0.466 e. The quantitative estimate of drug-likeness (QED) is 0.0321. The van der Waals surface area contributed by atoms with Gasteiger partial charge in [0.1, 0.15) is 0 Å². The third-order valence-corrected chi connectivity index (χ3v) is 14.7. The van der Waals surface area contributed by atoms with Crippen LogP contribution in [0.25, 0.3) is 0 Å². The maximum absolute atomic E-state index is 12.4. The summed E-state index contributed by atoms with van der Waals surface area (Å²) in [5, 5.41) is 23.1. The van der Waals surface area contributed by atoms with E-state index in [1.165, 1.54) is 270 Å². The van der Waals surface area contributed by atoms with Crippen LogP contribution in [0, 0.1) is 0 Å². The molecule has 0 saturated carbocycles. The fraction of sp³-hybridized carbons (Fsp3) is 0.877. The largest absolute Gasteiger partial charge is 0.466 e. The van der Waals surface area contributed by atoms with Crippen LogP contribution in [0.4, 0.5) is 0 Å². The molecule has 0 radical (unpaired) electrons. The maximum atomic E-state index is 12.4. The zero-order valence-corrected chi connectivity index (χ0v) is 47.7. The van der Waals surface area contributed by atoms with E-state index in [4.69, 9.17) is 4.74 Å². The number of carbonyl (C=O) groups is 2. The first kappa shape index (κ1) is 69.1. The minimum absolute atomic E-state index is 0.0123. The van der Waals surface area contributed by atoms with Crippen LogP contribution in [-0.4, -0.2) is 47.4 Å². The van der Waals surface area contributed by atoms with Crippen molar-refractivity contribution in [1.82, 2.24) is 5.32 Å². The third kappa shape index (κ3) is 57.2. The Hall–Kier alpha value is -1.92. The van der Waals surface area contributed by atoms with Gasteiger partial charge in [-0.3, -0.25) is 9.59 Å². The van der Waals surface area contributed by atoms with Crippen molar-refractivity contribution < 1.29 is 24.5 Å². The number of aliphatic hydroxyl groups excluding tert-OH is 2. The molecule has 2 atom stereocenters. The molecule has 0 aromatic rings. The molecule has 0 spiro atoms. The zero-order valence-electron chi connectivity index (χ0n) is 47.7. The van der Waals surface area contributed by atoms with Crippen LogP contribution in [-0.2, 0) is 14.3 Å². The molecule has 418 valence electrons. The molecule has 6 nitrogen and oxygen atoms in total. The first-order valence-corrected chi connectivity index (χ1v) is 31.8. The number of aliphatic hydroxyl groups is 2. The van der Waals surface area contributed by atoms with Gasteiger partial charge in [-0.1, -0.05) is 301 Å². The number of carbonyl (C=O) groups excluding carboxylic acids is 2. The van der Waals surface area contributed by atoms with Gasteiger partial charge in [0.25, 0.3) is 0 Å². The van der Waals surface area contributed by atoms with Gasteiger partial charge >= 0.3 is 5.97 Å². The van der Waals surface area contributed by atoms with Gasteiger partial charge in [0.15, 0.2) is 0 Å². The Morgan fingerprint density at radius 1 is 0.394 bits per heavy atom. The molecule has 0 aliphatic rings. The predicted molar refractivity (Wildman–Crippen MR) is 310 cm³/mol. The summed E-state index contributed by atoms with van der Waals surface area (Å²) in [6, 6.07) is -0.628. The van der Waals surface area contributed by atoms with Gasteiger partial charge in [0, 0.05) is 12.8 Å². The van der Waals surface area contributed by atoms with E-state index in [9.17, 15) is 19.8 Å². The highest BCUT2D eigenvalue weighted by atomic mass is 16.5. The van der Waals surface area contributed by atoms with Crippen molar-refractivity contribution in [2.45, 2.75) is 353 Å². The monoisotopic (exact) mass is 998 g/mol. The van der Waals surface area contributed by atoms with Crippen LogP contribution in [0.15, 0.2) is 36.5 Å². The number of unbranched alkanes of at least 4 members (excludes halogenated alkanes) is 44. The van der Waals surface area contributed by atoms with Gasteiger partial charge in [-0.25, -0.2) is 0 Å². The van der Waals surface area contributed by atoms with Crippen LogP contribution < -0.4 is 5.32 Å². The number of hydrogen-bond acceptors (Lipinski definition) is 5. The lowest BCUT2D eigenvalue weighted by molar-refractivity contribution is -0.143. The molecule has 3 N–H and O–H groups in total. The van der Waals surface area contributed by atoms with E-state index >= 15 is 0 Å². The molecule has 0 aromatic carbocycles. The number of hydrogen-bond donors (Lipinski definition) is 3.